The number of nitrogens with zero attached hydrogens (tertiary/aromatic N) is 3. The number of anilines is 1. The Morgan fingerprint density at radius 2 is 1.76 bits per heavy atom. The van der Waals surface area contributed by atoms with Crippen LogP contribution in [-0.2, 0) is 4.79 Å². The summed E-state index contributed by atoms with van der Waals surface area (Å²) in [5.74, 6) is 0.154. The van der Waals surface area contributed by atoms with Gasteiger partial charge >= 0.3 is 0 Å². The molecular weight excluding hydrogens is 517 g/mol. The fourth-order valence-electron chi connectivity index (χ4n) is 5.69. The van der Waals surface area contributed by atoms with Crippen LogP contribution >= 0.6 is 0 Å². The van der Waals surface area contributed by atoms with Gasteiger partial charge in [0, 0.05) is 51.8 Å². The molecule has 1 amide bonds. The Morgan fingerprint density at radius 1 is 0.927 bits per heavy atom. The molecular formula is C32H28FN7O. The highest BCUT2D eigenvalue weighted by Gasteiger charge is 2.18. The maximum absolute atomic E-state index is 14.6. The predicted octanol–water partition coefficient (Wildman–Crippen LogP) is 6.30. The lowest BCUT2D eigenvalue weighted by molar-refractivity contribution is -0.117. The van der Waals surface area contributed by atoms with Gasteiger partial charge < -0.3 is 15.6 Å². The van der Waals surface area contributed by atoms with Crippen LogP contribution in [0.25, 0.3) is 55.6 Å². The first kappa shape index (κ1) is 25.1. The summed E-state index contributed by atoms with van der Waals surface area (Å²) in [7, 11) is 0. The van der Waals surface area contributed by atoms with Crippen LogP contribution in [0.3, 0.4) is 0 Å². The molecule has 4 aromatic heterocycles. The summed E-state index contributed by atoms with van der Waals surface area (Å²) in [6.45, 7) is 1.93. The fourth-order valence-corrected chi connectivity index (χ4v) is 5.69. The van der Waals surface area contributed by atoms with Crippen molar-refractivity contribution in [3.05, 3.63) is 85.1 Å². The number of nitrogens with one attached hydrogen (secondary N) is 4. The van der Waals surface area contributed by atoms with Gasteiger partial charge in [-0.2, -0.15) is 5.10 Å². The van der Waals surface area contributed by atoms with Crippen molar-refractivity contribution in [1.29, 1.82) is 0 Å². The quantitative estimate of drug-likeness (QED) is 0.196. The second-order valence-electron chi connectivity index (χ2n) is 10.5. The van der Waals surface area contributed by atoms with E-state index < -0.39 is 0 Å². The molecule has 0 bridgehead atoms. The van der Waals surface area contributed by atoms with Crippen molar-refractivity contribution in [2.75, 3.05) is 18.4 Å². The van der Waals surface area contributed by atoms with Crippen molar-refractivity contribution >= 4 is 33.5 Å². The molecule has 2 aromatic carbocycles. The number of carbonyl (C=O) groups is 1. The molecule has 0 atom stereocenters. The van der Waals surface area contributed by atoms with Gasteiger partial charge in [0.1, 0.15) is 11.5 Å². The van der Waals surface area contributed by atoms with Crippen LogP contribution in [0.15, 0.2) is 79.3 Å². The van der Waals surface area contributed by atoms with Crippen LogP contribution in [-0.4, -0.2) is 44.1 Å². The molecule has 9 heteroatoms. The van der Waals surface area contributed by atoms with Crippen molar-refractivity contribution in [2.45, 2.75) is 19.3 Å². The van der Waals surface area contributed by atoms with E-state index in [1.807, 2.05) is 42.5 Å². The Balaban J connectivity index is 1.20. The van der Waals surface area contributed by atoms with Crippen LogP contribution in [0.5, 0.6) is 0 Å². The first-order valence-electron chi connectivity index (χ1n) is 13.8. The molecule has 8 nitrogen and oxygen atoms in total. The molecule has 1 aliphatic rings. The Labute approximate surface area is 235 Å². The minimum absolute atomic E-state index is 0.00936. The monoisotopic (exact) mass is 545 g/mol. The lowest BCUT2D eigenvalue weighted by Crippen LogP contribution is -2.30. The van der Waals surface area contributed by atoms with Crippen LogP contribution in [0.4, 0.5) is 10.1 Å². The largest absolute Gasteiger partial charge is 0.353 e. The maximum atomic E-state index is 14.6. The number of aromatic amines is 2. The van der Waals surface area contributed by atoms with E-state index in [4.69, 9.17) is 0 Å². The summed E-state index contributed by atoms with van der Waals surface area (Å²) in [4.78, 5) is 25.1. The van der Waals surface area contributed by atoms with Gasteiger partial charge in [-0.05, 0) is 67.7 Å². The lowest BCUT2D eigenvalue weighted by Gasteiger charge is -2.21. The number of piperidine rings is 1. The van der Waals surface area contributed by atoms with E-state index in [9.17, 15) is 9.18 Å². The molecule has 1 fully saturated rings. The van der Waals surface area contributed by atoms with Gasteiger partial charge in [0.2, 0.25) is 5.91 Å². The van der Waals surface area contributed by atoms with Gasteiger partial charge in [0.25, 0.3) is 0 Å². The van der Waals surface area contributed by atoms with E-state index in [-0.39, 0.29) is 11.7 Å². The molecule has 0 radical (unpaired) electrons. The van der Waals surface area contributed by atoms with Crippen LogP contribution < -0.4 is 10.6 Å². The summed E-state index contributed by atoms with van der Waals surface area (Å²) in [5.41, 5.74) is 6.76. The summed E-state index contributed by atoms with van der Waals surface area (Å²) in [6, 6.07) is 18.5. The molecule has 41 heavy (non-hydrogen) atoms. The molecule has 204 valence electrons. The SMILES string of the molecule is O=C(CC1CCNCC1)Nc1cncc(-c2cnc3[nH]nc(-c4cc5c(-c6ccccc6F)cccc5[nH]4)c3c2)c1. The molecule has 0 spiro atoms. The van der Waals surface area contributed by atoms with E-state index in [1.54, 1.807) is 30.7 Å². The smallest absolute Gasteiger partial charge is 0.224 e. The van der Waals surface area contributed by atoms with Gasteiger partial charge in [0.05, 0.1) is 17.6 Å². The van der Waals surface area contributed by atoms with Gasteiger partial charge in [-0.25, -0.2) is 9.37 Å². The number of hydrogen-bond acceptors (Lipinski definition) is 5. The minimum Gasteiger partial charge on any atom is -0.353 e. The van der Waals surface area contributed by atoms with Gasteiger partial charge in [-0.3, -0.25) is 14.9 Å². The van der Waals surface area contributed by atoms with E-state index in [0.29, 0.717) is 34.9 Å². The zero-order chi connectivity index (χ0) is 27.8. The summed E-state index contributed by atoms with van der Waals surface area (Å²) >= 11 is 0. The standard InChI is InChI=1S/C32H28FN7O/c33-27-6-2-1-4-24(27)23-5-3-7-28-25(23)15-29(38-28)31-26-14-21(17-36-32(26)40-39-31)20-13-22(18-35-16-20)37-30(41)12-19-8-10-34-11-9-19/h1-7,13-19,34,38H,8-12H2,(H,37,41)(H,36,39,40). The zero-order valence-corrected chi connectivity index (χ0v) is 22.2. The van der Waals surface area contributed by atoms with Crippen molar-refractivity contribution in [3.8, 4) is 33.6 Å². The number of pyridine rings is 2. The number of hydrogen-bond donors (Lipinski definition) is 4. The fraction of sp³-hybridized carbons (Fsp3) is 0.188. The molecule has 0 saturated carbocycles. The van der Waals surface area contributed by atoms with Crippen LogP contribution in [0.1, 0.15) is 19.3 Å². The molecule has 5 heterocycles. The molecule has 6 aromatic rings. The number of fused-ring (bicyclic) bond motifs is 2. The first-order valence-corrected chi connectivity index (χ1v) is 13.8. The Hall–Kier alpha value is -4.89. The topological polar surface area (TPSA) is 111 Å². The van der Waals surface area contributed by atoms with Gasteiger partial charge in [-0.15, -0.1) is 0 Å². The van der Waals surface area contributed by atoms with E-state index in [1.165, 1.54) is 6.07 Å². The van der Waals surface area contributed by atoms with Gasteiger partial charge in [-0.1, -0.05) is 30.3 Å². The highest BCUT2D eigenvalue weighted by molar-refractivity contribution is 6.01. The summed E-state index contributed by atoms with van der Waals surface area (Å²) in [5, 5.41) is 15.7. The number of rotatable bonds is 6. The third-order valence-electron chi connectivity index (χ3n) is 7.79. The second kappa shape index (κ2) is 10.6. The normalized spacial score (nSPS) is 14.1. The number of carbonyl (C=O) groups excluding carboxylic acids is 1. The van der Waals surface area contributed by atoms with Crippen molar-refractivity contribution in [3.63, 3.8) is 0 Å². The average Bonchev–Trinajstić information content (AvgIpc) is 3.62. The Morgan fingerprint density at radius 3 is 2.63 bits per heavy atom. The third-order valence-corrected chi connectivity index (χ3v) is 7.79. The molecule has 4 N–H and O–H groups in total. The van der Waals surface area contributed by atoms with Crippen LogP contribution in [0, 0.1) is 11.7 Å². The molecule has 0 aliphatic carbocycles. The Bertz CT molecular complexity index is 1890. The van der Waals surface area contributed by atoms with Gasteiger partial charge in [0.15, 0.2) is 5.65 Å². The van der Waals surface area contributed by atoms with E-state index in [2.05, 4.69) is 35.8 Å². The third kappa shape index (κ3) is 4.96. The number of H-pyrrole nitrogens is 2. The van der Waals surface area contributed by atoms with Crippen molar-refractivity contribution in [1.82, 2.24) is 30.5 Å². The number of benzene rings is 2. The number of amides is 1. The summed E-state index contributed by atoms with van der Waals surface area (Å²) < 4.78 is 14.6. The molecule has 1 aliphatic heterocycles. The second-order valence-corrected chi connectivity index (χ2v) is 10.5. The Kier molecular flexibility index (Phi) is 6.48. The zero-order valence-electron chi connectivity index (χ0n) is 22.2. The average molecular weight is 546 g/mol. The maximum Gasteiger partial charge on any atom is 0.224 e. The lowest BCUT2D eigenvalue weighted by atomic mass is 9.94. The highest BCUT2D eigenvalue weighted by atomic mass is 19.1. The van der Waals surface area contributed by atoms with Crippen molar-refractivity contribution < 1.29 is 9.18 Å². The van der Waals surface area contributed by atoms with E-state index >= 15 is 0 Å². The van der Waals surface area contributed by atoms with E-state index in [0.717, 1.165) is 64.6 Å². The predicted molar refractivity (Wildman–Crippen MR) is 159 cm³/mol. The number of halogens is 1. The highest BCUT2D eigenvalue weighted by Crippen LogP contribution is 2.35. The van der Waals surface area contributed by atoms with Crippen molar-refractivity contribution in [2.24, 2.45) is 5.92 Å². The molecule has 7 rings (SSSR count). The molecule has 0 unspecified atom stereocenters. The number of aromatic nitrogens is 5. The van der Waals surface area contributed by atoms with Crippen LogP contribution in [0.2, 0.25) is 0 Å². The minimum atomic E-state index is -0.264. The summed E-state index contributed by atoms with van der Waals surface area (Å²) in [6.07, 6.45) is 7.74. The first-order chi connectivity index (χ1) is 20.1. The molecule has 1 saturated heterocycles.